The van der Waals surface area contributed by atoms with Crippen molar-refractivity contribution in [1.29, 1.82) is 0 Å². The number of aromatic nitrogens is 4. The van der Waals surface area contributed by atoms with Gasteiger partial charge in [-0.15, -0.1) is 0 Å². The van der Waals surface area contributed by atoms with E-state index in [1.165, 1.54) is 59.8 Å². The summed E-state index contributed by atoms with van der Waals surface area (Å²) in [6, 6.07) is 60.4. The second-order valence-corrected chi connectivity index (χ2v) is 14.5. The van der Waals surface area contributed by atoms with Gasteiger partial charge >= 0.3 is 0 Å². The van der Waals surface area contributed by atoms with Gasteiger partial charge in [-0.05, 0) is 46.8 Å². The Balaban J connectivity index is 1.22. The summed E-state index contributed by atoms with van der Waals surface area (Å²) < 4.78 is 11.4. The van der Waals surface area contributed by atoms with Crippen LogP contribution in [0.3, 0.4) is 0 Å². The molecule has 0 bridgehead atoms. The second kappa shape index (κ2) is 10.6. The molecule has 0 radical (unpaired) electrons. The van der Waals surface area contributed by atoms with E-state index in [1.807, 2.05) is 24.3 Å². The van der Waals surface area contributed by atoms with Crippen LogP contribution < -0.4 is 0 Å². The lowest BCUT2D eigenvalue weighted by Crippen LogP contribution is -2.03. The van der Waals surface area contributed by atoms with Crippen molar-refractivity contribution >= 4 is 92.7 Å². The maximum Gasteiger partial charge on any atom is 0.236 e. The largest absolute Gasteiger partial charge is 0.452 e. The summed E-state index contributed by atoms with van der Waals surface area (Å²) in [6.45, 7) is 0. The fourth-order valence-corrected chi connectivity index (χ4v) is 9.31. The molecule has 0 spiro atoms. The molecule has 0 aliphatic heterocycles. The van der Waals surface area contributed by atoms with E-state index in [4.69, 9.17) is 14.4 Å². The predicted molar refractivity (Wildman–Crippen MR) is 227 cm³/mol. The van der Waals surface area contributed by atoms with Crippen LogP contribution in [0.15, 0.2) is 174 Å². The number of rotatable bonds is 3. The molecule has 0 aliphatic rings. The number of nitrogens with zero attached hydrogens (tertiary/aromatic N) is 4. The second-order valence-electron chi connectivity index (χ2n) is 14.5. The van der Waals surface area contributed by atoms with Crippen molar-refractivity contribution in [3.8, 4) is 28.3 Å². The molecule has 0 atom stereocenters. The predicted octanol–water partition coefficient (Wildman–Crippen LogP) is 13.1. The lowest BCUT2D eigenvalue weighted by Gasteiger charge is -2.11. The van der Waals surface area contributed by atoms with Gasteiger partial charge in [0.2, 0.25) is 5.95 Å². The van der Waals surface area contributed by atoms with E-state index in [0.717, 1.165) is 49.7 Å². The first kappa shape index (κ1) is 29.0. The summed E-state index contributed by atoms with van der Waals surface area (Å²) in [7, 11) is 0. The molecule has 0 fully saturated rings. The Kier molecular flexibility index (Phi) is 5.57. The third-order valence-electron chi connectivity index (χ3n) is 11.7. The van der Waals surface area contributed by atoms with E-state index in [0.29, 0.717) is 11.5 Å². The third kappa shape index (κ3) is 3.81. The van der Waals surface area contributed by atoms with E-state index in [-0.39, 0.29) is 0 Å². The molecule has 5 aromatic heterocycles. The standard InChI is InChI=1S/C50H28N4O/c1-2-12-29(13-3-1)30-22-24-32(25-23-30)45-49-46(36-18-8-11-21-42(36)55-49)52-50(51-45)54-41-28-38-34-16-6-9-19-39(34)53-40-20-10-7-17-35(40)44(48(38)53)43(41)37-27-26-31-14-4-5-15-33(31)47(37)54/h1-28H. The molecule has 55 heavy (non-hydrogen) atoms. The van der Waals surface area contributed by atoms with Crippen LogP contribution in [-0.2, 0) is 0 Å². The quantitative estimate of drug-likeness (QED) is 0.184. The lowest BCUT2D eigenvalue weighted by molar-refractivity contribution is 0.666. The van der Waals surface area contributed by atoms with Gasteiger partial charge in [0.25, 0.3) is 0 Å². The Labute approximate surface area is 313 Å². The molecule has 5 heterocycles. The molecular weight excluding hydrogens is 673 g/mol. The molecule has 13 aromatic rings. The van der Waals surface area contributed by atoms with Crippen LogP contribution in [0.25, 0.3) is 121 Å². The van der Waals surface area contributed by atoms with Crippen molar-refractivity contribution in [3.05, 3.63) is 170 Å². The highest BCUT2D eigenvalue weighted by Gasteiger charge is 2.27. The van der Waals surface area contributed by atoms with E-state index in [9.17, 15) is 0 Å². The monoisotopic (exact) mass is 700 g/mol. The highest BCUT2D eigenvalue weighted by molar-refractivity contribution is 6.37. The van der Waals surface area contributed by atoms with Gasteiger partial charge in [-0.2, -0.15) is 0 Å². The number of fused-ring (bicyclic) bond motifs is 15. The molecule has 8 aromatic carbocycles. The van der Waals surface area contributed by atoms with Gasteiger partial charge in [0.1, 0.15) is 16.8 Å². The highest BCUT2D eigenvalue weighted by Crippen LogP contribution is 2.48. The van der Waals surface area contributed by atoms with Crippen molar-refractivity contribution < 1.29 is 4.42 Å². The molecule has 0 unspecified atom stereocenters. The van der Waals surface area contributed by atoms with Crippen LogP contribution >= 0.6 is 0 Å². The Morgan fingerprint density at radius 3 is 1.91 bits per heavy atom. The maximum atomic E-state index is 6.61. The van der Waals surface area contributed by atoms with Crippen LogP contribution in [0.2, 0.25) is 0 Å². The van der Waals surface area contributed by atoms with Crippen molar-refractivity contribution in [2.75, 3.05) is 0 Å². The van der Waals surface area contributed by atoms with Gasteiger partial charge in [0.05, 0.1) is 27.6 Å². The van der Waals surface area contributed by atoms with Gasteiger partial charge in [-0.25, -0.2) is 9.97 Å². The average Bonchev–Trinajstić information content (AvgIpc) is 3.99. The Morgan fingerprint density at radius 1 is 0.418 bits per heavy atom. The van der Waals surface area contributed by atoms with E-state index in [2.05, 4.69) is 155 Å². The summed E-state index contributed by atoms with van der Waals surface area (Å²) in [5.41, 5.74) is 12.2. The number of para-hydroxylation sites is 3. The minimum Gasteiger partial charge on any atom is -0.452 e. The summed E-state index contributed by atoms with van der Waals surface area (Å²) in [6.07, 6.45) is 0. The van der Waals surface area contributed by atoms with Crippen LogP contribution in [0.5, 0.6) is 0 Å². The molecule has 5 heteroatoms. The van der Waals surface area contributed by atoms with Crippen LogP contribution in [0.4, 0.5) is 0 Å². The van der Waals surface area contributed by atoms with E-state index < -0.39 is 0 Å². The van der Waals surface area contributed by atoms with E-state index >= 15 is 0 Å². The minimum absolute atomic E-state index is 0.610. The first-order chi connectivity index (χ1) is 27.3. The smallest absolute Gasteiger partial charge is 0.236 e. The van der Waals surface area contributed by atoms with E-state index in [1.54, 1.807) is 0 Å². The van der Waals surface area contributed by atoms with Gasteiger partial charge in [-0.3, -0.25) is 4.57 Å². The zero-order valence-electron chi connectivity index (χ0n) is 29.4. The zero-order chi connectivity index (χ0) is 35.8. The zero-order valence-corrected chi connectivity index (χ0v) is 29.4. The lowest BCUT2D eigenvalue weighted by atomic mass is 10.0. The fraction of sp³-hybridized carbons (Fsp3) is 0. The van der Waals surface area contributed by atoms with Crippen molar-refractivity contribution in [2.45, 2.75) is 0 Å². The van der Waals surface area contributed by atoms with Crippen LogP contribution in [0, 0.1) is 0 Å². The Morgan fingerprint density at radius 2 is 1.07 bits per heavy atom. The Bertz CT molecular complexity index is 3700. The van der Waals surface area contributed by atoms with Gasteiger partial charge in [0.15, 0.2) is 5.58 Å². The first-order valence-corrected chi connectivity index (χ1v) is 18.7. The van der Waals surface area contributed by atoms with Crippen LogP contribution in [0.1, 0.15) is 0 Å². The number of hydrogen-bond acceptors (Lipinski definition) is 3. The van der Waals surface area contributed by atoms with Crippen molar-refractivity contribution in [3.63, 3.8) is 0 Å². The molecule has 0 saturated carbocycles. The molecule has 5 nitrogen and oxygen atoms in total. The SMILES string of the molecule is c1ccc(-c2ccc(-c3nc(-n4c5cc6c7ccccc7n7c8ccccc8c(c5c5ccc8ccccc8c54)c67)nc4c3oc3ccccc34)cc2)cc1. The number of furan rings is 1. The molecule has 13 rings (SSSR count). The first-order valence-electron chi connectivity index (χ1n) is 18.7. The summed E-state index contributed by atoms with van der Waals surface area (Å²) in [5.74, 6) is 0.610. The minimum atomic E-state index is 0.610. The van der Waals surface area contributed by atoms with Crippen LogP contribution in [-0.4, -0.2) is 18.9 Å². The Hall–Kier alpha value is -7.50. The highest BCUT2D eigenvalue weighted by atomic mass is 16.3. The summed E-state index contributed by atoms with van der Waals surface area (Å²) >= 11 is 0. The molecule has 0 amide bonds. The molecule has 0 aliphatic carbocycles. The molecule has 0 saturated heterocycles. The van der Waals surface area contributed by atoms with Crippen molar-refractivity contribution in [1.82, 2.24) is 18.9 Å². The van der Waals surface area contributed by atoms with Gasteiger partial charge in [-0.1, -0.05) is 140 Å². The van der Waals surface area contributed by atoms with Crippen molar-refractivity contribution in [2.24, 2.45) is 0 Å². The third-order valence-corrected chi connectivity index (χ3v) is 11.7. The molecule has 0 N–H and O–H groups in total. The topological polar surface area (TPSA) is 48.3 Å². The number of benzene rings is 8. The van der Waals surface area contributed by atoms with Gasteiger partial charge < -0.3 is 8.82 Å². The maximum absolute atomic E-state index is 6.61. The normalized spacial score (nSPS) is 12.4. The number of hydrogen-bond donors (Lipinski definition) is 0. The van der Waals surface area contributed by atoms with Gasteiger partial charge in [0, 0.05) is 48.7 Å². The summed E-state index contributed by atoms with van der Waals surface area (Å²) in [5, 5.41) is 10.6. The average molecular weight is 701 g/mol. The summed E-state index contributed by atoms with van der Waals surface area (Å²) in [4.78, 5) is 11.0. The molecule has 254 valence electrons. The molecular formula is C50H28N4O. The fourth-order valence-electron chi connectivity index (χ4n) is 9.31.